The summed E-state index contributed by atoms with van der Waals surface area (Å²) in [6.07, 6.45) is 8.31. The third-order valence-electron chi connectivity index (χ3n) is 19.9. The summed E-state index contributed by atoms with van der Waals surface area (Å²) in [4.78, 5) is 14.6. The summed E-state index contributed by atoms with van der Waals surface area (Å²) in [5.74, 6) is 2.99. The Hall–Kier alpha value is -6.41. The van der Waals surface area contributed by atoms with Crippen molar-refractivity contribution < 1.29 is 35.1 Å². The van der Waals surface area contributed by atoms with E-state index in [1.54, 1.807) is 0 Å². The Kier molecular flexibility index (Phi) is 16.0. The van der Waals surface area contributed by atoms with Crippen molar-refractivity contribution in [2.75, 3.05) is 6.61 Å². The molecule has 4 fully saturated rings. The average Bonchev–Trinajstić information content (AvgIpc) is 0.816. The molecule has 0 spiro atoms. The van der Waals surface area contributed by atoms with Gasteiger partial charge in [-0.25, -0.2) is 0 Å². The zero-order valence-electron chi connectivity index (χ0n) is 55.4. The molecule has 0 radical (unpaired) electrons. The summed E-state index contributed by atoms with van der Waals surface area (Å²) in [6.45, 7) is 38.9. The Morgan fingerprint density at radius 1 is 0.360 bits per heavy atom. The van der Waals surface area contributed by atoms with E-state index in [-0.39, 0.29) is 118 Å². The van der Waals surface area contributed by atoms with Gasteiger partial charge in [0.1, 0.15) is 34.5 Å². The summed E-state index contributed by atoms with van der Waals surface area (Å²) in [5, 5.41) is 67.6. The van der Waals surface area contributed by atoms with E-state index in [0.717, 1.165) is 63.8 Å². The van der Waals surface area contributed by atoms with E-state index in [9.17, 15) is 30.3 Å². The van der Waals surface area contributed by atoms with E-state index in [2.05, 4.69) is 203 Å². The molecule has 6 aromatic rings. The summed E-state index contributed by atoms with van der Waals surface area (Å²) >= 11 is 0. The number of phenols is 5. The number of rotatable bonds is 4. The van der Waals surface area contributed by atoms with Gasteiger partial charge < -0.3 is 35.6 Å². The fraction of sp³-hybridized carbons (Fsp3) is 0.526. The first-order chi connectivity index (χ1) is 39.7. The second-order valence-electron chi connectivity index (χ2n) is 33.4. The van der Waals surface area contributed by atoms with Crippen LogP contribution in [0.4, 0.5) is 0 Å². The first kappa shape index (κ1) is 62.6. The molecule has 6 N–H and O–H groups in total. The van der Waals surface area contributed by atoms with Crippen LogP contribution >= 0.6 is 0 Å². The molecule has 11 rings (SSSR count). The van der Waals surface area contributed by atoms with Gasteiger partial charge >= 0.3 is 0 Å². The normalized spacial score (nSPS) is 20.1. The fourth-order valence-electron chi connectivity index (χ4n) is 14.9. The van der Waals surface area contributed by atoms with Crippen molar-refractivity contribution in [3.05, 3.63) is 173 Å². The van der Waals surface area contributed by atoms with Crippen molar-refractivity contribution in [2.24, 2.45) is 17.8 Å². The van der Waals surface area contributed by atoms with Gasteiger partial charge in [0, 0.05) is 44.1 Å². The second kappa shape index (κ2) is 22.0. The molecule has 1 amide bonds. The van der Waals surface area contributed by atoms with Gasteiger partial charge in [-0.2, -0.15) is 0 Å². The molecular weight excluding hydrogens is 1060 g/mol. The number of amides is 1. The molecule has 6 aromatic carbocycles. The first-order valence-corrected chi connectivity index (χ1v) is 32.1. The van der Waals surface area contributed by atoms with Crippen LogP contribution in [0.1, 0.15) is 263 Å². The Balaban J connectivity index is 1.22. The summed E-state index contributed by atoms with van der Waals surface area (Å²) in [6, 6.07) is 25.1. The lowest BCUT2D eigenvalue weighted by Crippen LogP contribution is -2.60. The Morgan fingerprint density at radius 3 is 0.744 bits per heavy atom. The Labute approximate surface area is 515 Å². The lowest BCUT2D eigenvalue weighted by molar-refractivity contribution is -0.128. The molecule has 5 aliphatic rings. The van der Waals surface area contributed by atoms with Gasteiger partial charge in [0.05, 0.1) is 0 Å². The fourth-order valence-corrected chi connectivity index (χ4v) is 14.9. The molecule has 0 heterocycles. The van der Waals surface area contributed by atoms with E-state index in [1.165, 1.54) is 19.3 Å². The molecule has 86 heavy (non-hydrogen) atoms. The minimum atomic E-state index is -0.340. The third kappa shape index (κ3) is 13.1. The van der Waals surface area contributed by atoms with Crippen LogP contribution in [0.15, 0.2) is 72.8 Å². The van der Waals surface area contributed by atoms with Crippen LogP contribution in [-0.4, -0.2) is 43.6 Å². The van der Waals surface area contributed by atoms with E-state index in [4.69, 9.17) is 4.74 Å². The molecule has 0 saturated heterocycles. The largest absolute Gasteiger partial charge is 0.507 e. The Morgan fingerprint density at radius 2 is 0.547 bits per heavy atom. The highest BCUT2D eigenvalue weighted by Gasteiger charge is 2.51. The predicted molar refractivity (Wildman–Crippen MR) is 351 cm³/mol. The van der Waals surface area contributed by atoms with Gasteiger partial charge in [-0.15, -0.1) is 0 Å². The number of hydrogen-bond donors (Lipinski definition) is 6. The standard InChI is InChI=1S/C78H101NO7/c1-72(2,3)59-28-47-22-49-30-60(73(4,5)6)32-51(67(49)82)24-53-34-62(75(10,11)12)36-55(69(53)84)26-57-38-64(77(16,17)18)39-58(71(57)86-43-65(80)79-78-40-44-19-45(41-78)21-46(20-44)42-78)27-56-37-63(76(13,14)15)35-54(70(56)85)25-52-33-61(74(7,8)9)31-50(68(52)83)23-48(29-59)66(47)81/h28-39,44-46,81-85H,19-27,40-43H2,1-18H3,(H,79,80). The number of carbonyl (C=O) groups is 1. The van der Waals surface area contributed by atoms with Crippen molar-refractivity contribution in [2.45, 2.75) is 240 Å². The van der Waals surface area contributed by atoms with Crippen LogP contribution in [0.5, 0.6) is 34.5 Å². The number of ether oxygens (including phenoxy) is 1. The number of benzene rings is 6. The number of hydrogen-bond acceptors (Lipinski definition) is 7. The summed E-state index contributed by atoms with van der Waals surface area (Å²) in [7, 11) is 0. The molecule has 460 valence electrons. The average molecular weight is 1160 g/mol. The van der Waals surface area contributed by atoms with E-state index >= 15 is 0 Å². The van der Waals surface area contributed by atoms with Gasteiger partial charge in [0.25, 0.3) is 5.91 Å². The molecular formula is C78H101NO7. The van der Waals surface area contributed by atoms with Gasteiger partial charge in [-0.05, 0) is 189 Å². The predicted octanol–water partition coefficient (Wildman–Crippen LogP) is 17.3. The molecule has 5 aliphatic carbocycles. The number of phenolic OH excluding ortho intramolecular Hbond substituents is 5. The van der Waals surface area contributed by atoms with Crippen molar-refractivity contribution in [1.29, 1.82) is 0 Å². The minimum Gasteiger partial charge on any atom is -0.507 e. The SMILES string of the molecule is CC(C)(C)c1cc2c(O)c(c1)Cc1cc(C(C)(C)C)cc(c1O)Cc1cc(C(C)(C)C)cc(c1O)Cc1cc(C(C)(C)C)cc(c1OCC(=O)NC13CC4CC(CC(C4)C1)C3)Cc1cc(C(C)(C)C)cc(c1O)Cc1cc(C(C)(C)C)cc(c1O)C2. The second-order valence-corrected chi connectivity index (χ2v) is 33.4. The molecule has 0 unspecified atom stereocenters. The van der Waals surface area contributed by atoms with Crippen molar-refractivity contribution >= 4 is 5.91 Å². The number of carbonyl (C=O) groups excluding carboxylic acids is 1. The number of nitrogens with one attached hydrogen (secondary N) is 1. The summed E-state index contributed by atoms with van der Waals surface area (Å²) < 4.78 is 7.06. The van der Waals surface area contributed by atoms with Crippen LogP contribution in [-0.2, 0) is 75.8 Å². The van der Waals surface area contributed by atoms with Crippen molar-refractivity contribution in [3.63, 3.8) is 0 Å². The van der Waals surface area contributed by atoms with Crippen molar-refractivity contribution in [3.8, 4) is 34.5 Å². The van der Waals surface area contributed by atoms with E-state index in [0.29, 0.717) is 79.1 Å². The Bertz CT molecular complexity index is 3400. The number of fused-ring (bicyclic) bond motifs is 12. The first-order valence-electron chi connectivity index (χ1n) is 32.1. The maximum Gasteiger partial charge on any atom is 0.258 e. The van der Waals surface area contributed by atoms with Gasteiger partial charge in [-0.1, -0.05) is 197 Å². The van der Waals surface area contributed by atoms with E-state index in [1.807, 2.05) is 0 Å². The lowest BCUT2D eigenvalue weighted by atomic mass is 9.53. The molecule has 16 bridgehead atoms. The quantitative estimate of drug-likeness (QED) is 0.103. The molecule has 4 saturated carbocycles. The molecule has 0 aliphatic heterocycles. The zero-order valence-corrected chi connectivity index (χ0v) is 55.4. The van der Waals surface area contributed by atoms with Crippen LogP contribution in [0, 0.1) is 17.8 Å². The maximum atomic E-state index is 14.6. The number of aromatic hydroxyl groups is 5. The molecule has 0 aromatic heterocycles. The zero-order chi connectivity index (χ0) is 62.8. The van der Waals surface area contributed by atoms with Gasteiger partial charge in [-0.3, -0.25) is 4.79 Å². The smallest absolute Gasteiger partial charge is 0.258 e. The van der Waals surface area contributed by atoms with Crippen LogP contribution in [0.2, 0.25) is 0 Å². The lowest BCUT2D eigenvalue weighted by Gasteiger charge is -2.56. The topological polar surface area (TPSA) is 139 Å². The third-order valence-corrected chi connectivity index (χ3v) is 19.9. The highest BCUT2D eigenvalue weighted by Crippen LogP contribution is 2.56. The summed E-state index contributed by atoms with van der Waals surface area (Å²) in [5.41, 5.74) is 12.3. The van der Waals surface area contributed by atoms with Gasteiger partial charge in [0.2, 0.25) is 0 Å². The minimum absolute atomic E-state index is 0.112. The molecule has 0 atom stereocenters. The van der Waals surface area contributed by atoms with Crippen molar-refractivity contribution in [1.82, 2.24) is 5.32 Å². The van der Waals surface area contributed by atoms with Crippen LogP contribution in [0.3, 0.4) is 0 Å². The van der Waals surface area contributed by atoms with E-state index < -0.39 is 0 Å². The highest BCUT2D eigenvalue weighted by molar-refractivity contribution is 5.78. The highest BCUT2D eigenvalue weighted by atomic mass is 16.5. The molecule has 8 heteroatoms. The van der Waals surface area contributed by atoms with Crippen LogP contribution < -0.4 is 10.1 Å². The monoisotopic (exact) mass is 1160 g/mol. The maximum absolute atomic E-state index is 14.6. The van der Waals surface area contributed by atoms with Crippen LogP contribution in [0.25, 0.3) is 0 Å². The molecule has 8 nitrogen and oxygen atoms in total. The van der Waals surface area contributed by atoms with Gasteiger partial charge in [0.15, 0.2) is 6.61 Å².